The number of carboxylic acid groups (broad SMARTS) is 1. The van der Waals surface area contributed by atoms with Crippen molar-refractivity contribution in [3.8, 4) is 0 Å². The smallest absolute Gasteiger partial charge is 0.303 e. The zero-order valence-electron chi connectivity index (χ0n) is 4.46. The maximum atomic E-state index is 9.70. The fourth-order valence-electron chi connectivity index (χ4n) is 0.253. The number of hydrogen-bond donors (Lipinski definition) is 2. The molecule has 0 heterocycles. The van der Waals surface area contributed by atoms with Crippen LogP contribution in [-0.4, -0.2) is 17.6 Å². The van der Waals surface area contributed by atoms with Gasteiger partial charge in [0.2, 0.25) is 0 Å². The number of aliphatic carboxylic acids is 1. The number of carbonyl (C=O) groups is 1. The van der Waals surface area contributed by atoms with E-state index >= 15 is 0 Å². The van der Waals surface area contributed by atoms with Gasteiger partial charge in [-0.25, -0.2) is 0 Å². The zero-order chi connectivity index (χ0) is 5.70. The molecule has 0 aromatic carbocycles. The van der Waals surface area contributed by atoms with Crippen molar-refractivity contribution in [1.29, 1.82) is 0 Å². The van der Waals surface area contributed by atoms with Crippen LogP contribution in [-0.2, 0) is 22.2 Å². The predicted octanol–water partition coefficient (Wildman–Crippen LogP) is -0.193. The molecule has 0 unspecified atom stereocenters. The Kier molecular flexibility index (Phi) is 9.45. The van der Waals surface area contributed by atoms with Crippen molar-refractivity contribution in [1.82, 2.24) is 0 Å². The molecule has 0 aliphatic rings. The van der Waals surface area contributed by atoms with Gasteiger partial charge in [-0.1, -0.05) is 0 Å². The molecule has 0 rings (SSSR count). The Labute approximate surface area is 59.0 Å². The molecule has 3 nitrogen and oxygen atoms in total. The van der Waals surface area contributed by atoms with Gasteiger partial charge in [0.1, 0.15) is 0 Å². The SMILES string of the molecule is NCCCC(=O)O.[Cr]. The Bertz CT molecular complexity index is 67.1. The summed E-state index contributed by atoms with van der Waals surface area (Å²) in [5.41, 5.74) is 5.01. The first kappa shape index (κ1) is 10.9. The van der Waals surface area contributed by atoms with Gasteiger partial charge >= 0.3 is 5.97 Å². The Morgan fingerprint density at radius 2 is 2.12 bits per heavy atom. The molecule has 0 aliphatic carbocycles. The second-order valence-corrected chi connectivity index (χ2v) is 1.29. The fraction of sp³-hybridized carbons (Fsp3) is 0.750. The van der Waals surface area contributed by atoms with E-state index in [-0.39, 0.29) is 23.8 Å². The Morgan fingerprint density at radius 3 is 2.25 bits per heavy atom. The summed E-state index contributed by atoms with van der Waals surface area (Å²) in [6, 6.07) is 0. The molecular weight excluding hydrogens is 146 g/mol. The van der Waals surface area contributed by atoms with Crippen molar-refractivity contribution in [2.45, 2.75) is 12.8 Å². The third kappa shape index (κ3) is 9.35. The van der Waals surface area contributed by atoms with Crippen LogP contribution in [0.15, 0.2) is 0 Å². The van der Waals surface area contributed by atoms with Gasteiger partial charge in [0, 0.05) is 23.8 Å². The molecular formula is C4H9CrNO2. The minimum absolute atomic E-state index is 0. The van der Waals surface area contributed by atoms with Crippen LogP contribution in [0.3, 0.4) is 0 Å². The van der Waals surface area contributed by atoms with E-state index < -0.39 is 5.97 Å². The number of hydrogen-bond acceptors (Lipinski definition) is 2. The second kappa shape index (κ2) is 6.96. The van der Waals surface area contributed by atoms with E-state index in [1.807, 2.05) is 0 Å². The molecule has 0 fully saturated rings. The Balaban J connectivity index is 0. The van der Waals surface area contributed by atoms with Gasteiger partial charge in [-0.3, -0.25) is 4.79 Å². The molecule has 8 heavy (non-hydrogen) atoms. The van der Waals surface area contributed by atoms with E-state index in [2.05, 4.69) is 0 Å². The standard InChI is InChI=1S/C4H9NO2.Cr/c5-3-1-2-4(6)7;/h1-3,5H2,(H,6,7);. The summed E-state index contributed by atoms with van der Waals surface area (Å²) < 4.78 is 0. The number of carboxylic acids is 1. The summed E-state index contributed by atoms with van der Waals surface area (Å²) in [4.78, 5) is 9.70. The molecule has 0 bridgehead atoms. The van der Waals surface area contributed by atoms with Crippen molar-refractivity contribution in [3.05, 3.63) is 0 Å². The largest absolute Gasteiger partial charge is 0.481 e. The molecule has 0 saturated heterocycles. The van der Waals surface area contributed by atoms with Crippen molar-refractivity contribution in [2.24, 2.45) is 5.73 Å². The summed E-state index contributed by atoms with van der Waals surface area (Å²) >= 11 is 0. The molecule has 0 aromatic heterocycles. The van der Waals surface area contributed by atoms with E-state index in [4.69, 9.17) is 10.8 Å². The van der Waals surface area contributed by atoms with Crippen molar-refractivity contribution >= 4 is 5.97 Å². The molecule has 0 atom stereocenters. The van der Waals surface area contributed by atoms with E-state index in [0.717, 1.165) is 0 Å². The minimum Gasteiger partial charge on any atom is -0.481 e. The van der Waals surface area contributed by atoms with Gasteiger partial charge in [0.05, 0.1) is 0 Å². The van der Waals surface area contributed by atoms with Crippen LogP contribution in [0.4, 0.5) is 0 Å². The van der Waals surface area contributed by atoms with Gasteiger partial charge in [0.15, 0.2) is 0 Å². The number of nitrogens with two attached hydrogens (primary N) is 1. The van der Waals surface area contributed by atoms with Gasteiger partial charge in [-0.2, -0.15) is 0 Å². The maximum absolute atomic E-state index is 9.70. The fourth-order valence-corrected chi connectivity index (χ4v) is 0.253. The normalized spacial score (nSPS) is 7.62. The van der Waals surface area contributed by atoms with Gasteiger partial charge in [-0.15, -0.1) is 0 Å². The predicted molar refractivity (Wildman–Crippen MR) is 25.9 cm³/mol. The molecule has 0 saturated carbocycles. The van der Waals surface area contributed by atoms with Crippen molar-refractivity contribution in [3.63, 3.8) is 0 Å². The third-order valence-electron chi connectivity index (χ3n) is 0.595. The van der Waals surface area contributed by atoms with Crippen LogP contribution in [0, 0.1) is 0 Å². The average molecular weight is 155 g/mol. The topological polar surface area (TPSA) is 63.3 Å². The molecule has 4 heteroatoms. The van der Waals surface area contributed by atoms with Gasteiger partial charge in [-0.05, 0) is 13.0 Å². The van der Waals surface area contributed by atoms with E-state index in [1.165, 1.54) is 0 Å². The van der Waals surface area contributed by atoms with Crippen LogP contribution in [0.25, 0.3) is 0 Å². The first-order valence-electron chi connectivity index (χ1n) is 2.19. The van der Waals surface area contributed by atoms with Crippen molar-refractivity contribution in [2.75, 3.05) is 6.54 Å². The summed E-state index contributed by atoms with van der Waals surface area (Å²) in [6.45, 7) is 0.465. The van der Waals surface area contributed by atoms with E-state index in [9.17, 15) is 4.79 Å². The third-order valence-corrected chi connectivity index (χ3v) is 0.595. The molecule has 0 aromatic rings. The van der Waals surface area contributed by atoms with E-state index in [0.29, 0.717) is 13.0 Å². The summed E-state index contributed by atoms with van der Waals surface area (Å²) in [5, 5.41) is 7.99. The second-order valence-electron chi connectivity index (χ2n) is 1.29. The van der Waals surface area contributed by atoms with Crippen LogP contribution in [0.2, 0.25) is 0 Å². The summed E-state index contributed by atoms with van der Waals surface area (Å²) in [6.07, 6.45) is 0.770. The van der Waals surface area contributed by atoms with Crippen LogP contribution in [0.1, 0.15) is 12.8 Å². The minimum atomic E-state index is -0.773. The molecule has 0 aliphatic heterocycles. The van der Waals surface area contributed by atoms with Crippen LogP contribution < -0.4 is 5.73 Å². The van der Waals surface area contributed by atoms with Crippen LogP contribution in [0.5, 0.6) is 0 Å². The first-order valence-corrected chi connectivity index (χ1v) is 2.19. The summed E-state index contributed by atoms with van der Waals surface area (Å²) in [7, 11) is 0. The quantitative estimate of drug-likeness (QED) is 0.593. The molecule has 48 valence electrons. The molecule has 0 amide bonds. The zero-order valence-corrected chi connectivity index (χ0v) is 5.74. The molecule has 0 spiro atoms. The summed E-state index contributed by atoms with van der Waals surface area (Å²) in [5.74, 6) is -0.773. The first-order chi connectivity index (χ1) is 3.27. The van der Waals surface area contributed by atoms with Crippen molar-refractivity contribution < 1.29 is 27.3 Å². The molecule has 3 N–H and O–H groups in total. The Hall–Kier alpha value is -0.0375. The average Bonchev–Trinajstić information content (AvgIpc) is 1.61. The van der Waals surface area contributed by atoms with Crippen LogP contribution >= 0.6 is 0 Å². The van der Waals surface area contributed by atoms with Gasteiger partial charge < -0.3 is 10.8 Å². The van der Waals surface area contributed by atoms with Gasteiger partial charge in [0.25, 0.3) is 0 Å². The Morgan fingerprint density at radius 1 is 1.62 bits per heavy atom. The maximum Gasteiger partial charge on any atom is 0.303 e. The van der Waals surface area contributed by atoms with E-state index in [1.54, 1.807) is 0 Å². The monoisotopic (exact) mass is 155 g/mol. The molecule has 0 radical (unpaired) electrons. The number of rotatable bonds is 3.